The predicted octanol–water partition coefficient (Wildman–Crippen LogP) is 2.35. The molecular weight excluding hydrogens is 298 g/mol. The fraction of sp³-hybridized carbons (Fsp3) is 0.176. The quantitative estimate of drug-likeness (QED) is 0.794. The molecular formula is C17H17NO5. The van der Waals surface area contributed by atoms with E-state index in [0.29, 0.717) is 11.3 Å². The van der Waals surface area contributed by atoms with Crippen molar-refractivity contribution in [1.82, 2.24) is 5.06 Å². The average molecular weight is 315 g/mol. The summed E-state index contributed by atoms with van der Waals surface area (Å²) in [6.45, 7) is -0.437. The van der Waals surface area contributed by atoms with Crippen LogP contribution >= 0.6 is 0 Å². The van der Waals surface area contributed by atoms with Gasteiger partial charge in [0.05, 0.1) is 7.11 Å². The van der Waals surface area contributed by atoms with Gasteiger partial charge in [-0.25, -0.2) is 5.06 Å². The highest BCUT2D eigenvalue weighted by Crippen LogP contribution is 2.14. The number of benzene rings is 2. The van der Waals surface area contributed by atoms with Gasteiger partial charge in [0, 0.05) is 5.56 Å². The van der Waals surface area contributed by atoms with Crippen molar-refractivity contribution in [3.63, 3.8) is 0 Å². The lowest BCUT2D eigenvalue weighted by atomic mass is 10.2. The molecule has 0 aromatic heterocycles. The maximum atomic E-state index is 12.4. The van der Waals surface area contributed by atoms with Crippen LogP contribution in [0.4, 0.5) is 0 Å². The van der Waals surface area contributed by atoms with E-state index in [-0.39, 0.29) is 6.61 Å². The number of carbonyl (C=O) groups excluding carboxylic acids is 1. The first kappa shape index (κ1) is 16.5. The highest BCUT2D eigenvalue weighted by molar-refractivity contribution is 5.95. The second-order valence-electron chi connectivity index (χ2n) is 4.72. The summed E-state index contributed by atoms with van der Waals surface area (Å²) in [6, 6.07) is 15.6. The molecule has 6 heteroatoms. The summed E-state index contributed by atoms with van der Waals surface area (Å²) in [5.74, 6) is -1.07. The van der Waals surface area contributed by atoms with Gasteiger partial charge in [-0.1, -0.05) is 30.3 Å². The zero-order valence-electron chi connectivity index (χ0n) is 12.6. The molecule has 6 nitrogen and oxygen atoms in total. The minimum absolute atomic E-state index is 0.107. The summed E-state index contributed by atoms with van der Waals surface area (Å²) in [5, 5.41) is 9.81. The van der Waals surface area contributed by atoms with E-state index in [1.54, 1.807) is 24.3 Å². The van der Waals surface area contributed by atoms with Crippen LogP contribution in [0.25, 0.3) is 0 Å². The molecule has 0 spiro atoms. The molecule has 120 valence electrons. The molecule has 0 aliphatic carbocycles. The second kappa shape index (κ2) is 7.95. The van der Waals surface area contributed by atoms with Crippen LogP contribution in [0.2, 0.25) is 0 Å². The number of ether oxygens (including phenoxy) is 1. The van der Waals surface area contributed by atoms with Crippen molar-refractivity contribution in [2.24, 2.45) is 0 Å². The molecule has 0 bridgehead atoms. The molecule has 23 heavy (non-hydrogen) atoms. The van der Waals surface area contributed by atoms with Gasteiger partial charge in [0.15, 0.2) is 0 Å². The smallest absolute Gasteiger partial charge is 0.325 e. The lowest BCUT2D eigenvalue weighted by Gasteiger charge is -2.20. The van der Waals surface area contributed by atoms with E-state index < -0.39 is 18.4 Å². The summed E-state index contributed by atoms with van der Waals surface area (Å²) in [5.41, 5.74) is 1.16. The Morgan fingerprint density at radius 2 is 1.70 bits per heavy atom. The molecule has 0 atom stereocenters. The molecule has 0 radical (unpaired) electrons. The first-order valence-corrected chi connectivity index (χ1v) is 6.94. The van der Waals surface area contributed by atoms with Crippen LogP contribution in [0.5, 0.6) is 5.75 Å². The fourth-order valence-electron chi connectivity index (χ4n) is 1.90. The predicted molar refractivity (Wildman–Crippen MR) is 82.9 cm³/mol. The molecule has 0 saturated heterocycles. The third kappa shape index (κ3) is 4.82. The summed E-state index contributed by atoms with van der Waals surface area (Å²) in [7, 11) is 1.52. The van der Waals surface area contributed by atoms with E-state index in [4.69, 9.17) is 14.7 Å². The Labute approximate surface area is 133 Å². The van der Waals surface area contributed by atoms with Crippen LogP contribution in [-0.4, -0.2) is 35.7 Å². The number of aliphatic carboxylic acids is 1. The first-order chi connectivity index (χ1) is 11.1. The Morgan fingerprint density at radius 3 is 2.26 bits per heavy atom. The Balaban J connectivity index is 2.09. The van der Waals surface area contributed by atoms with Crippen LogP contribution in [0, 0.1) is 0 Å². The molecule has 0 aliphatic heterocycles. The van der Waals surface area contributed by atoms with Crippen molar-refractivity contribution in [2.75, 3.05) is 13.7 Å². The maximum absolute atomic E-state index is 12.4. The molecule has 1 N–H and O–H groups in total. The first-order valence-electron chi connectivity index (χ1n) is 6.94. The van der Waals surface area contributed by atoms with Crippen molar-refractivity contribution >= 4 is 11.9 Å². The largest absolute Gasteiger partial charge is 0.497 e. The highest BCUT2D eigenvalue weighted by atomic mass is 16.7. The van der Waals surface area contributed by atoms with Gasteiger partial charge < -0.3 is 9.84 Å². The number of carbonyl (C=O) groups is 2. The van der Waals surface area contributed by atoms with Crippen LogP contribution in [0.1, 0.15) is 15.9 Å². The Morgan fingerprint density at radius 1 is 1.04 bits per heavy atom. The van der Waals surface area contributed by atoms with Crippen molar-refractivity contribution in [2.45, 2.75) is 6.61 Å². The number of hydrogen-bond acceptors (Lipinski definition) is 4. The van der Waals surface area contributed by atoms with Crippen LogP contribution < -0.4 is 4.74 Å². The zero-order chi connectivity index (χ0) is 16.7. The number of hydroxylamine groups is 2. The van der Waals surface area contributed by atoms with Crippen molar-refractivity contribution in [3.05, 3.63) is 65.7 Å². The summed E-state index contributed by atoms with van der Waals surface area (Å²) >= 11 is 0. The number of carboxylic acid groups (broad SMARTS) is 1. The van der Waals surface area contributed by atoms with Gasteiger partial charge in [-0.3, -0.25) is 14.4 Å². The van der Waals surface area contributed by atoms with Crippen molar-refractivity contribution in [1.29, 1.82) is 0 Å². The van der Waals surface area contributed by atoms with E-state index in [1.165, 1.54) is 7.11 Å². The summed E-state index contributed by atoms with van der Waals surface area (Å²) in [6.07, 6.45) is 0. The van der Waals surface area contributed by atoms with Gasteiger partial charge in [-0.2, -0.15) is 0 Å². The molecule has 0 saturated carbocycles. The number of nitrogens with zero attached hydrogens (tertiary/aromatic N) is 1. The number of rotatable bonds is 7. The SMILES string of the molecule is COc1ccc(C(=O)N(CC(=O)O)OCc2ccccc2)cc1. The molecule has 0 unspecified atom stereocenters. The van der Waals surface area contributed by atoms with E-state index >= 15 is 0 Å². The summed E-state index contributed by atoms with van der Waals surface area (Å²) in [4.78, 5) is 28.7. The Bertz CT molecular complexity index is 654. The number of amides is 1. The van der Waals surface area contributed by atoms with Gasteiger partial charge >= 0.3 is 5.97 Å². The molecule has 0 aliphatic rings. The van der Waals surface area contributed by atoms with Gasteiger partial charge in [-0.05, 0) is 29.8 Å². The lowest BCUT2D eigenvalue weighted by molar-refractivity contribution is -0.162. The van der Waals surface area contributed by atoms with Crippen LogP contribution in [-0.2, 0) is 16.2 Å². The standard InChI is InChI=1S/C17H17NO5/c1-22-15-9-7-14(8-10-15)17(21)18(11-16(19)20)23-12-13-5-3-2-4-6-13/h2-10H,11-12H2,1H3,(H,19,20). The van der Waals surface area contributed by atoms with Gasteiger partial charge in [0.2, 0.25) is 0 Å². The van der Waals surface area contributed by atoms with E-state index in [9.17, 15) is 9.59 Å². The highest BCUT2D eigenvalue weighted by Gasteiger charge is 2.20. The Hall–Kier alpha value is -2.86. The number of carboxylic acids is 1. The van der Waals surface area contributed by atoms with Gasteiger partial charge in [0.1, 0.15) is 18.9 Å². The molecule has 1 amide bonds. The molecule has 2 aromatic rings. The molecule has 0 heterocycles. The van der Waals surface area contributed by atoms with Crippen LogP contribution in [0.15, 0.2) is 54.6 Å². The van der Waals surface area contributed by atoms with E-state index in [0.717, 1.165) is 10.6 Å². The zero-order valence-corrected chi connectivity index (χ0v) is 12.6. The normalized spacial score (nSPS) is 10.1. The van der Waals surface area contributed by atoms with E-state index in [1.807, 2.05) is 30.3 Å². The van der Waals surface area contributed by atoms with Crippen molar-refractivity contribution < 1.29 is 24.3 Å². The van der Waals surface area contributed by atoms with E-state index in [2.05, 4.69) is 0 Å². The van der Waals surface area contributed by atoms with Gasteiger partial charge in [0.25, 0.3) is 5.91 Å². The second-order valence-corrected chi connectivity index (χ2v) is 4.72. The summed E-state index contributed by atoms with van der Waals surface area (Å²) < 4.78 is 5.03. The maximum Gasteiger partial charge on any atom is 0.325 e. The Kier molecular flexibility index (Phi) is 5.71. The minimum Gasteiger partial charge on any atom is -0.497 e. The fourth-order valence-corrected chi connectivity index (χ4v) is 1.90. The number of methoxy groups -OCH3 is 1. The third-order valence-corrected chi connectivity index (χ3v) is 3.07. The van der Waals surface area contributed by atoms with Gasteiger partial charge in [-0.15, -0.1) is 0 Å². The topological polar surface area (TPSA) is 76.1 Å². The molecule has 0 fully saturated rings. The van der Waals surface area contributed by atoms with Crippen molar-refractivity contribution in [3.8, 4) is 5.75 Å². The lowest BCUT2D eigenvalue weighted by Crippen LogP contribution is -2.35. The monoisotopic (exact) mass is 315 g/mol. The molecule has 2 rings (SSSR count). The van der Waals surface area contributed by atoms with Crippen LogP contribution in [0.3, 0.4) is 0 Å². The average Bonchev–Trinajstić information content (AvgIpc) is 2.58. The number of hydrogen-bond donors (Lipinski definition) is 1. The minimum atomic E-state index is -1.15. The molecule has 2 aromatic carbocycles. The third-order valence-electron chi connectivity index (χ3n) is 3.07.